The van der Waals surface area contributed by atoms with Gasteiger partial charge in [-0.05, 0) is 12.1 Å². The summed E-state index contributed by atoms with van der Waals surface area (Å²) in [6.07, 6.45) is 1.35. The summed E-state index contributed by atoms with van der Waals surface area (Å²) in [4.78, 5) is 19.5. The number of aromatic nitrogens is 1. The van der Waals surface area contributed by atoms with E-state index in [0.717, 1.165) is 5.06 Å². The third-order valence-corrected chi connectivity index (χ3v) is 1.52. The smallest absolute Gasteiger partial charge is 0.274 e. The van der Waals surface area contributed by atoms with Crippen LogP contribution in [-0.4, -0.2) is 30.1 Å². The summed E-state index contributed by atoms with van der Waals surface area (Å²) >= 11 is 0. The van der Waals surface area contributed by atoms with Gasteiger partial charge in [-0.1, -0.05) is 0 Å². The largest absolute Gasteiger partial charge is 0.298 e. The van der Waals surface area contributed by atoms with Crippen molar-refractivity contribution in [1.29, 1.82) is 0 Å². The molecule has 5 heteroatoms. The minimum Gasteiger partial charge on any atom is -0.274 e. The van der Waals surface area contributed by atoms with Gasteiger partial charge in [0.2, 0.25) is 0 Å². The van der Waals surface area contributed by atoms with Gasteiger partial charge in [0.25, 0.3) is 5.91 Å². The Labute approximate surface area is 74.9 Å². The number of carbonyl (C=O) groups excluding carboxylic acids is 1. The van der Waals surface area contributed by atoms with Crippen molar-refractivity contribution in [3.8, 4) is 0 Å². The molecule has 0 saturated heterocycles. The fourth-order valence-electron chi connectivity index (χ4n) is 0.775. The van der Waals surface area contributed by atoms with E-state index < -0.39 is 11.7 Å². The molecular formula is C8H9FN2O2. The highest BCUT2D eigenvalue weighted by atomic mass is 19.1. The monoisotopic (exact) mass is 184 g/mol. The predicted octanol–water partition coefficient (Wildman–Crippen LogP) is 0.854. The first-order chi connectivity index (χ1) is 6.16. The van der Waals surface area contributed by atoms with Gasteiger partial charge >= 0.3 is 0 Å². The molecular weight excluding hydrogens is 175 g/mol. The highest BCUT2D eigenvalue weighted by molar-refractivity contribution is 5.91. The maximum Gasteiger partial charge on any atom is 0.298 e. The van der Waals surface area contributed by atoms with Crippen molar-refractivity contribution in [3.63, 3.8) is 0 Å². The summed E-state index contributed by atoms with van der Waals surface area (Å²) < 4.78 is 13.0. The van der Waals surface area contributed by atoms with Crippen LogP contribution in [0.25, 0.3) is 0 Å². The van der Waals surface area contributed by atoms with Gasteiger partial charge in [-0.3, -0.25) is 9.63 Å². The molecule has 0 spiro atoms. The SMILES string of the molecule is CON(C)C(=O)c1ncccc1F. The fourth-order valence-corrected chi connectivity index (χ4v) is 0.775. The van der Waals surface area contributed by atoms with E-state index in [1.165, 1.54) is 32.5 Å². The first-order valence-electron chi connectivity index (χ1n) is 3.59. The van der Waals surface area contributed by atoms with Gasteiger partial charge in [-0.25, -0.2) is 14.4 Å². The summed E-state index contributed by atoms with van der Waals surface area (Å²) in [6.45, 7) is 0. The maximum atomic E-state index is 13.0. The zero-order chi connectivity index (χ0) is 9.84. The van der Waals surface area contributed by atoms with Crippen LogP contribution in [0.15, 0.2) is 18.3 Å². The summed E-state index contributed by atoms with van der Waals surface area (Å²) in [6, 6.07) is 2.59. The van der Waals surface area contributed by atoms with Crippen LogP contribution in [0.5, 0.6) is 0 Å². The minimum absolute atomic E-state index is 0.244. The number of nitrogens with zero attached hydrogens (tertiary/aromatic N) is 2. The Balaban J connectivity index is 2.95. The minimum atomic E-state index is -0.656. The zero-order valence-electron chi connectivity index (χ0n) is 7.32. The van der Waals surface area contributed by atoms with E-state index in [9.17, 15) is 9.18 Å². The summed E-state index contributed by atoms with van der Waals surface area (Å²) in [5.41, 5.74) is -0.244. The van der Waals surface area contributed by atoms with Crippen LogP contribution in [0, 0.1) is 5.82 Å². The molecule has 1 rings (SSSR count). The van der Waals surface area contributed by atoms with Crippen LogP contribution in [-0.2, 0) is 4.84 Å². The van der Waals surface area contributed by atoms with E-state index in [1.54, 1.807) is 0 Å². The molecule has 1 heterocycles. The molecule has 13 heavy (non-hydrogen) atoms. The van der Waals surface area contributed by atoms with Crippen LogP contribution in [0.1, 0.15) is 10.5 Å². The lowest BCUT2D eigenvalue weighted by molar-refractivity contribution is -0.0763. The lowest BCUT2D eigenvalue weighted by Crippen LogP contribution is -2.27. The Kier molecular flexibility index (Phi) is 2.92. The van der Waals surface area contributed by atoms with Crippen LogP contribution in [0.4, 0.5) is 4.39 Å². The summed E-state index contributed by atoms with van der Waals surface area (Å²) in [5.74, 6) is -1.27. The van der Waals surface area contributed by atoms with Crippen LogP contribution >= 0.6 is 0 Å². The molecule has 0 fully saturated rings. The van der Waals surface area contributed by atoms with Crippen molar-refractivity contribution in [1.82, 2.24) is 10.0 Å². The van der Waals surface area contributed by atoms with Gasteiger partial charge in [0.05, 0.1) is 7.11 Å². The van der Waals surface area contributed by atoms with E-state index >= 15 is 0 Å². The highest BCUT2D eigenvalue weighted by Crippen LogP contribution is 2.05. The first-order valence-corrected chi connectivity index (χ1v) is 3.59. The second-order valence-corrected chi connectivity index (χ2v) is 2.32. The van der Waals surface area contributed by atoms with Gasteiger partial charge in [-0.15, -0.1) is 0 Å². The second kappa shape index (κ2) is 3.95. The van der Waals surface area contributed by atoms with E-state index in [4.69, 9.17) is 0 Å². The molecule has 0 aliphatic rings. The third-order valence-electron chi connectivity index (χ3n) is 1.52. The zero-order valence-corrected chi connectivity index (χ0v) is 7.32. The van der Waals surface area contributed by atoms with Crippen molar-refractivity contribution in [2.24, 2.45) is 0 Å². The lowest BCUT2D eigenvalue weighted by Gasteiger charge is -2.12. The molecule has 0 aliphatic carbocycles. The lowest BCUT2D eigenvalue weighted by atomic mass is 10.3. The number of hydrogen-bond acceptors (Lipinski definition) is 3. The van der Waals surface area contributed by atoms with Gasteiger partial charge in [0.15, 0.2) is 11.5 Å². The highest BCUT2D eigenvalue weighted by Gasteiger charge is 2.16. The van der Waals surface area contributed by atoms with Crippen molar-refractivity contribution in [2.75, 3.05) is 14.2 Å². The van der Waals surface area contributed by atoms with E-state index in [1.807, 2.05) is 0 Å². The van der Waals surface area contributed by atoms with Gasteiger partial charge in [-0.2, -0.15) is 0 Å². The molecule has 0 bridgehead atoms. The number of rotatable bonds is 2. The van der Waals surface area contributed by atoms with Crippen molar-refractivity contribution in [3.05, 3.63) is 29.8 Å². The first kappa shape index (κ1) is 9.60. The number of amides is 1. The summed E-state index contributed by atoms with van der Waals surface area (Å²) in [5, 5.41) is 0.908. The Morgan fingerprint density at radius 3 is 2.92 bits per heavy atom. The molecule has 0 aliphatic heterocycles. The summed E-state index contributed by atoms with van der Waals surface area (Å²) in [7, 11) is 2.70. The Hall–Kier alpha value is -1.49. The average molecular weight is 184 g/mol. The molecule has 1 amide bonds. The third kappa shape index (κ3) is 2.00. The maximum absolute atomic E-state index is 13.0. The molecule has 0 unspecified atom stereocenters. The van der Waals surface area contributed by atoms with Crippen molar-refractivity contribution >= 4 is 5.91 Å². The Bertz CT molecular complexity index is 317. The average Bonchev–Trinajstić information content (AvgIpc) is 2.16. The van der Waals surface area contributed by atoms with E-state index in [2.05, 4.69) is 9.82 Å². The molecule has 0 aromatic carbocycles. The predicted molar refractivity (Wildman–Crippen MR) is 43.3 cm³/mol. The van der Waals surface area contributed by atoms with E-state index in [-0.39, 0.29) is 5.69 Å². The standard InChI is InChI=1S/C8H9FN2O2/c1-11(13-2)8(12)7-6(9)4-3-5-10-7/h3-5H,1-2H3. The number of hydroxylamine groups is 2. The van der Waals surface area contributed by atoms with Gasteiger partial charge in [0.1, 0.15) is 0 Å². The molecule has 0 N–H and O–H groups in total. The van der Waals surface area contributed by atoms with Crippen LogP contribution in [0.2, 0.25) is 0 Å². The number of halogens is 1. The van der Waals surface area contributed by atoms with Crippen LogP contribution in [0.3, 0.4) is 0 Å². The second-order valence-electron chi connectivity index (χ2n) is 2.32. The van der Waals surface area contributed by atoms with Gasteiger partial charge < -0.3 is 0 Å². The van der Waals surface area contributed by atoms with Crippen LogP contribution < -0.4 is 0 Å². The van der Waals surface area contributed by atoms with Crippen molar-refractivity contribution in [2.45, 2.75) is 0 Å². The number of carbonyl (C=O) groups is 1. The molecule has 0 saturated carbocycles. The van der Waals surface area contributed by atoms with Gasteiger partial charge in [0, 0.05) is 13.2 Å². The van der Waals surface area contributed by atoms with E-state index in [0.29, 0.717) is 0 Å². The molecule has 0 atom stereocenters. The molecule has 70 valence electrons. The Morgan fingerprint density at radius 1 is 1.69 bits per heavy atom. The quantitative estimate of drug-likeness (QED) is 0.640. The molecule has 1 aromatic heterocycles. The fraction of sp³-hybridized carbons (Fsp3) is 0.250. The normalized spacial score (nSPS) is 9.77. The molecule has 0 radical (unpaired) electrons. The number of hydrogen-bond donors (Lipinski definition) is 0. The topological polar surface area (TPSA) is 42.4 Å². The van der Waals surface area contributed by atoms with Crippen molar-refractivity contribution < 1.29 is 14.0 Å². The molecule has 1 aromatic rings. The Morgan fingerprint density at radius 2 is 2.38 bits per heavy atom. The number of pyridine rings is 1. The molecule has 4 nitrogen and oxygen atoms in total.